The van der Waals surface area contributed by atoms with Gasteiger partial charge in [0, 0.05) is 50.0 Å². The lowest BCUT2D eigenvalue weighted by Gasteiger charge is -2.33. The minimum atomic E-state index is -0.221. The van der Waals surface area contributed by atoms with Crippen molar-refractivity contribution in [3.05, 3.63) is 60.4 Å². The summed E-state index contributed by atoms with van der Waals surface area (Å²) in [6, 6.07) is 17.2. The van der Waals surface area contributed by atoms with Crippen LogP contribution in [0.1, 0.15) is 50.1 Å². The predicted molar refractivity (Wildman–Crippen MR) is 128 cm³/mol. The minimum absolute atomic E-state index is 0.151. The van der Waals surface area contributed by atoms with Crippen LogP contribution in [0.15, 0.2) is 54.7 Å². The van der Waals surface area contributed by atoms with Crippen LogP contribution in [0.5, 0.6) is 5.75 Å². The van der Waals surface area contributed by atoms with Crippen molar-refractivity contribution in [3.63, 3.8) is 0 Å². The van der Waals surface area contributed by atoms with Crippen LogP contribution in [-0.2, 0) is 9.53 Å². The second kappa shape index (κ2) is 8.79. The third kappa shape index (κ3) is 4.34. The summed E-state index contributed by atoms with van der Waals surface area (Å²) in [6.07, 6.45) is 7.97. The first kappa shape index (κ1) is 20.7. The summed E-state index contributed by atoms with van der Waals surface area (Å²) in [5.41, 5.74) is 3.65. The zero-order chi connectivity index (χ0) is 22.2. The molecule has 0 spiro atoms. The molecule has 1 aromatic heterocycles. The summed E-state index contributed by atoms with van der Waals surface area (Å²) in [5.74, 6) is 1.70. The zero-order valence-corrected chi connectivity index (χ0v) is 18.9. The fourth-order valence-electron chi connectivity index (χ4n) is 5.15. The van der Waals surface area contributed by atoms with E-state index in [0.29, 0.717) is 12.5 Å². The zero-order valence-electron chi connectivity index (χ0n) is 18.9. The number of carbonyl (C=O) groups is 1. The molecule has 1 atom stereocenters. The molecular formula is C28H30N2O3. The fourth-order valence-corrected chi connectivity index (χ4v) is 5.15. The van der Waals surface area contributed by atoms with E-state index >= 15 is 0 Å². The number of rotatable bonds is 5. The first-order valence-corrected chi connectivity index (χ1v) is 12.3. The largest absolute Gasteiger partial charge is 0.490 e. The molecule has 1 amide bonds. The van der Waals surface area contributed by atoms with Crippen molar-refractivity contribution in [1.82, 2.24) is 9.88 Å². The molecule has 3 fully saturated rings. The highest BCUT2D eigenvalue weighted by Gasteiger charge is 2.31. The Morgan fingerprint density at radius 2 is 1.73 bits per heavy atom. The molecule has 33 heavy (non-hydrogen) atoms. The third-order valence-corrected chi connectivity index (χ3v) is 7.21. The Kier molecular flexibility index (Phi) is 5.50. The van der Waals surface area contributed by atoms with E-state index in [1.807, 2.05) is 11.1 Å². The molecule has 2 aliphatic heterocycles. The summed E-state index contributed by atoms with van der Waals surface area (Å²) >= 11 is 0. The Morgan fingerprint density at radius 1 is 0.939 bits per heavy atom. The fraction of sp³-hybridized carbons (Fsp3) is 0.429. The van der Waals surface area contributed by atoms with E-state index in [1.165, 1.54) is 40.4 Å². The number of carbonyl (C=O) groups excluding carboxylic acids is 1. The number of aromatic nitrogens is 1. The highest BCUT2D eigenvalue weighted by molar-refractivity contribution is 5.89. The molecule has 3 aromatic rings. The number of ether oxygens (including phenoxy) is 2. The van der Waals surface area contributed by atoms with Crippen molar-refractivity contribution >= 4 is 16.7 Å². The van der Waals surface area contributed by atoms with Gasteiger partial charge in [0.15, 0.2) is 0 Å². The lowest BCUT2D eigenvalue weighted by Crippen LogP contribution is -2.45. The maximum absolute atomic E-state index is 12.5. The molecule has 5 nitrogen and oxygen atoms in total. The SMILES string of the molecule is O=C([C@H]1CCCO1)N1CCC(Oc2ccc(-c3ccc4c(C5CC5)nccc4c3)cc2)CC1. The monoisotopic (exact) mass is 442 g/mol. The summed E-state index contributed by atoms with van der Waals surface area (Å²) in [7, 11) is 0. The smallest absolute Gasteiger partial charge is 0.251 e. The number of piperidine rings is 1. The number of nitrogens with zero attached hydrogens (tertiary/aromatic N) is 2. The molecule has 5 heteroatoms. The van der Waals surface area contributed by atoms with Gasteiger partial charge in [-0.05, 0) is 66.5 Å². The van der Waals surface area contributed by atoms with Gasteiger partial charge in [0.05, 0.1) is 5.69 Å². The van der Waals surface area contributed by atoms with Crippen LogP contribution < -0.4 is 4.74 Å². The molecule has 0 radical (unpaired) electrons. The summed E-state index contributed by atoms with van der Waals surface area (Å²) in [4.78, 5) is 19.1. The summed E-state index contributed by atoms with van der Waals surface area (Å²) in [6.45, 7) is 2.20. The van der Waals surface area contributed by atoms with E-state index in [4.69, 9.17) is 9.47 Å². The summed E-state index contributed by atoms with van der Waals surface area (Å²) < 4.78 is 11.8. The summed E-state index contributed by atoms with van der Waals surface area (Å²) in [5, 5.41) is 2.54. The third-order valence-electron chi connectivity index (χ3n) is 7.21. The van der Waals surface area contributed by atoms with Crippen molar-refractivity contribution in [2.24, 2.45) is 0 Å². The van der Waals surface area contributed by atoms with E-state index in [0.717, 1.165) is 44.5 Å². The van der Waals surface area contributed by atoms with Crippen LogP contribution in [0.25, 0.3) is 21.9 Å². The standard InChI is InChI=1S/C28H30N2O3/c31-28(26-2-1-17-32-26)30-15-12-24(13-16-30)33-23-8-5-19(6-9-23)21-7-10-25-22(18-21)11-14-29-27(25)20-3-4-20/h5-11,14,18,20,24,26H,1-4,12-13,15-17H2/t26-/m1/s1. The molecule has 2 aromatic carbocycles. The van der Waals surface area contributed by atoms with E-state index in [-0.39, 0.29) is 18.1 Å². The lowest BCUT2D eigenvalue weighted by atomic mass is 10.00. The van der Waals surface area contributed by atoms with Gasteiger partial charge >= 0.3 is 0 Å². The van der Waals surface area contributed by atoms with Crippen LogP contribution in [0, 0.1) is 0 Å². The first-order valence-electron chi connectivity index (χ1n) is 12.3. The minimum Gasteiger partial charge on any atom is -0.490 e. The van der Waals surface area contributed by atoms with Crippen molar-refractivity contribution in [3.8, 4) is 16.9 Å². The number of hydrogen-bond acceptors (Lipinski definition) is 4. The molecular weight excluding hydrogens is 412 g/mol. The maximum Gasteiger partial charge on any atom is 0.251 e. The number of amides is 1. The second-order valence-corrected chi connectivity index (χ2v) is 9.57. The molecule has 1 aliphatic carbocycles. The van der Waals surface area contributed by atoms with Gasteiger partial charge < -0.3 is 14.4 Å². The van der Waals surface area contributed by atoms with Crippen LogP contribution in [0.2, 0.25) is 0 Å². The Labute approximate surface area is 194 Å². The maximum atomic E-state index is 12.5. The molecule has 0 N–H and O–H groups in total. The molecule has 0 bridgehead atoms. The Balaban J connectivity index is 1.09. The normalized spacial score (nSPS) is 21.5. The van der Waals surface area contributed by atoms with Gasteiger partial charge in [0.1, 0.15) is 18.0 Å². The van der Waals surface area contributed by atoms with Gasteiger partial charge in [-0.3, -0.25) is 9.78 Å². The second-order valence-electron chi connectivity index (χ2n) is 9.57. The molecule has 170 valence electrons. The average molecular weight is 443 g/mol. The topological polar surface area (TPSA) is 51.7 Å². The average Bonchev–Trinajstić information content (AvgIpc) is 3.57. The number of likely N-dealkylation sites (tertiary alicyclic amines) is 1. The van der Waals surface area contributed by atoms with Gasteiger partial charge in [0.25, 0.3) is 5.91 Å². The van der Waals surface area contributed by atoms with Gasteiger partial charge in [-0.25, -0.2) is 0 Å². The molecule has 2 saturated heterocycles. The number of pyridine rings is 1. The predicted octanol–water partition coefficient (Wildman–Crippen LogP) is 5.33. The number of fused-ring (bicyclic) bond motifs is 1. The van der Waals surface area contributed by atoms with E-state index in [2.05, 4.69) is 53.5 Å². The highest BCUT2D eigenvalue weighted by Crippen LogP contribution is 2.42. The Hall–Kier alpha value is -2.92. The molecule has 6 rings (SSSR count). The first-order chi connectivity index (χ1) is 16.2. The van der Waals surface area contributed by atoms with Gasteiger partial charge in [-0.15, -0.1) is 0 Å². The van der Waals surface area contributed by atoms with E-state index in [9.17, 15) is 4.79 Å². The lowest BCUT2D eigenvalue weighted by molar-refractivity contribution is -0.142. The van der Waals surface area contributed by atoms with E-state index < -0.39 is 0 Å². The van der Waals surface area contributed by atoms with E-state index in [1.54, 1.807) is 0 Å². The Morgan fingerprint density at radius 3 is 2.45 bits per heavy atom. The van der Waals surface area contributed by atoms with Crippen molar-refractivity contribution in [1.29, 1.82) is 0 Å². The van der Waals surface area contributed by atoms with Crippen molar-refractivity contribution in [2.75, 3.05) is 19.7 Å². The highest BCUT2D eigenvalue weighted by atomic mass is 16.5. The van der Waals surface area contributed by atoms with Crippen LogP contribution in [-0.4, -0.2) is 47.7 Å². The van der Waals surface area contributed by atoms with Gasteiger partial charge in [-0.2, -0.15) is 0 Å². The number of benzene rings is 2. The van der Waals surface area contributed by atoms with Crippen LogP contribution in [0.3, 0.4) is 0 Å². The van der Waals surface area contributed by atoms with Gasteiger partial charge in [-0.1, -0.05) is 24.3 Å². The van der Waals surface area contributed by atoms with Gasteiger partial charge in [0.2, 0.25) is 0 Å². The number of hydrogen-bond donors (Lipinski definition) is 0. The molecule has 0 unspecified atom stereocenters. The molecule has 3 aliphatic rings. The van der Waals surface area contributed by atoms with Crippen molar-refractivity contribution in [2.45, 2.75) is 56.7 Å². The molecule has 1 saturated carbocycles. The Bertz CT molecular complexity index is 1140. The van der Waals surface area contributed by atoms with Crippen LogP contribution >= 0.6 is 0 Å². The van der Waals surface area contributed by atoms with Crippen molar-refractivity contribution < 1.29 is 14.3 Å². The van der Waals surface area contributed by atoms with Crippen LogP contribution in [0.4, 0.5) is 0 Å². The quantitative estimate of drug-likeness (QED) is 0.536. The molecule has 3 heterocycles.